The van der Waals surface area contributed by atoms with Crippen LogP contribution in [0.5, 0.6) is 0 Å². The highest BCUT2D eigenvalue weighted by atomic mass is 15.0. The SMILES string of the molecule is Cc1ccc(C)c(-c2nc3cc(C)ccn3c2CCCN)c1. The smallest absolute Gasteiger partial charge is 0.137 e. The Morgan fingerprint density at radius 3 is 2.59 bits per heavy atom. The second-order valence-corrected chi connectivity index (χ2v) is 6.05. The van der Waals surface area contributed by atoms with Crippen molar-refractivity contribution in [2.24, 2.45) is 5.73 Å². The maximum Gasteiger partial charge on any atom is 0.137 e. The molecule has 0 saturated heterocycles. The van der Waals surface area contributed by atoms with Crippen molar-refractivity contribution in [3.63, 3.8) is 0 Å². The Hall–Kier alpha value is -2.13. The van der Waals surface area contributed by atoms with Gasteiger partial charge in [0.05, 0.1) is 11.4 Å². The average Bonchev–Trinajstić information content (AvgIpc) is 2.85. The lowest BCUT2D eigenvalue weighted by molar-refractivity contribution is 0.803. The molecule has 0 atom stereocenters. The van der Waals surface area contributed by atoms with Crippen molar-refractivity contribution in [2.45, 2.75) is 33.6 Å². The van der Waals surface area contributed by atoms with E-state index in [-0.39, 0.29) is 0 Å². The number of pyridine rings is 1. The van der Waals surface area contributed by atoms with Crippen LogP contribution < -0.4 is 5.73 Å². The molecule has 0 bridgehead atoms. The summed E-state index contributed by atoms with van der Waals surface area (Å²) >= 11 is 0. The molecule has 0 amide bonds. The van der Waals surface area contributed by atoms with Gasteiger partial charge in [0.25, 0.3) is 0 Å². The largest absolute Gasteiger partial charge is 0.330 e. The van der Waals surface area contributed by atoms with Crippen LogP contribution in [-0.2, 0) is 6.42 Å². The third kappa shape index (κ3) is 2.64. The fourth-order valence-electron chi connectivity index (χ4n) is 2.91. The van der Waals surface area contributed by atoms with Gasteiger partial charge in [0.1, 0.15) is 5.65 Å². The molecular formula is C19H23N3. The molecule has 0 aliphatic rings. The molecule has 2 aromatic heterocycles. The van der Waals surface area contributed by atoms with Crippen molar-refractivity contribution in [3.8, 4) is 11.3 Å². The molecule has 2 N–H and O–H groups in total. The number of hydrogen-bond acceptors (Lipinski definition) is 2. The number of imidazole rings is 1. The molecule has 0 spiro atoms. The van der Waals surface area contributed by atoms with Crippen LogP contribution >= 0.6 is 0 Å². The van der Waals surface area contributed by atoms with E-state index in [1.165, 1.54) is 27.9 Å². The molecule has 0 aliphatic carbocycles. The van der Waals surface area contributed by atoms with Gasteiger partial charge in [0.15, 0.2) is 0 Å². The van der Waals surface area contributed by atoms with E-state index in [2.05, 4.69) is 61.7 Å². The van der Waals surface area contributed by atoms with E-state index in [0.29, 0.717) is 6.54 Å². The highest BCUT2D eigenvalue weighted by molar-refractivity contribution is 5.70. The molecule has 0 saturated carbocycles. The highest BCUT2D eigenvalue weighted by Crippen LogP contribution is 2.29. The third-order valence-electron chi connectivity index (χ3n) is 4.15. The summed E-state index contributed by atoms with van der Waals surface area (Å²) in [5, 5.41) is 0. The van der Waals surface area contributed by atoms with Crippen LogP contribution in [0.1, 0.15) is 28.8 Å². The Morgan fingerprint density at radius 1 is 1.05 bits per heavy atom. The summed E-state index contributed by atoms with van der Waals surface area (Å²) in [7, 11) is 0. The number of aryl methyl sites for hydroxylation is 4. The first-order chi connectivity index (χ1) is 10.6. The van der Waals surface area contributed by atoms with E-state index >= 15 is 0 Å². The zero-order valence-electron chi connectivity index (χ0n) is 13.6. The molecule has 0 aliphatic heterocycles. The van der Waals surface area contributed by atoms with E-state index in [9.17, 15) is 0 Å². The van der Waals surface area contributed by atoms with Gasteiger partial charge < -0.3 is 10.1 Å². The zero-order valence-corrected chi connectivity index (χ0v) is 13.6. The summed E-state index contributed by atoms with van der Waals surface area (Å²) in [6.45, 7) is 7.08. The molecule has 0 radical (unpaired) electrons. The maximum absolute atomic E-state index is 5.73. The molecular weight excluding hydrogens is 270 g/mol. The van der Waals surface area contributed by atoms with Crippen molar-refractivity contribution < 1.29 is 0 Å². The van der Waals surface area contributed by atoms with Crippen LogP contribution in [0.3, 0.4) is 0 Å². The summed E-state index contributed by atoms with van der Waals surface area (Å²) in [6.07, 6.45) is 4.04. The molecule has 3 heteroatoms. The second kappa shape index (κ2) is 5.93. The van der Waals surface area contributed by atoms with Crippen molar-refractivity contribution in [1.29, 1.82) is 0 Å². The quantitative estimate of drug-likeness (QED) is 0.794. The third-order valence-corrected chi connectivity index (χ3v) is 4.15. The number of nitrogens with two attached hydrogens (primary N) is 1. The van der Waals surface area contributed by atoms with Gasteiger partial charge in [-0.1, -0.05) is 17.7 Å². The van der Waals surface area contributed by atoms with Crippen molar-refractivity contribution >= 4 is 5.65 Å². The van der Waals surface area contributed by atoms with Crippen LogP contribution in [0.15, 0.2) is 36.5 Å². The summed E-state index contributed by atoms with van der Waals surface area (Å²) in [6, 6.07) is 10.8. The summed E-state index contributed by atoms with van der Waals surface area (Å²) < 4.78 is 2.21. The summed E-state index contributed by atoms with van der Waals surface area (Å²) in [5.74, 6) is 0. The number of hydrogen-bond donors (Lipinski definition) is 1. The number of nitrogens with zero attached hydrogens (tertiary/aromatic N) is 2. The Kier molecular flexibility index (Phi) is 3.99. The van der Waals surface area contributed by atoms with Crippen molar-refractivity contribution in [3.05, 3.63) is 58.9 Å². The molecule has 114 valence electrons. The molecule has 0 unspecified atom stereocenters. The molecule has 1 aromatic carbocycles. The minimum absolute atomic E-state index is 0.700. The number of aromatic nitrogens is 2. The first kappa shape index (κ1) is 14.8. The number of benzene rings is 1. The first-order valence-electron chi connectivity index (χ1n) is 7.85. The van der Waals surface area contributed by atoms with E-state index in [4.69, 9.17) is 10.7 Å². The van der Waals surface area contributed by atoms with Gasteiger partial charge in [-0.05, 0) is 69.5 Å². The normalized spacial score (nSPS) is 11.3. The van der Waals surface area contributed by atoms with E-state index in [1.807, 2.05) is 0 Å². The van der Waals surface area contributed by atoms with Gasteiger partial charge in [-0.25, -0.2) is 4.98 Å². The molecule has 3 aromatic rings. The zero-order chi connectivity index (χ0) is 15.7. The van der Waals surface area contributed by atoms with Gasteiger partial charge in [0.2, 0.25) is 0 Å². The Morgan fingerprint density at radius 2 is 1.82 bits per heavy atom. The molecule has 0 fully saturated rings. The lowest BCUT2D eigenvalue weighted by atomic mass is 10.0. The van der Waals surface area contributed by atoms with Gasteiger partial charge in [0, 0.05) is 11.8 Å². The fraction of sp³-hybridized carbons (Fsp3) is 0.316. The topological polar surface area (TPSA) is 43.3 Å². The van der Waals surface area contributed by atoms with Crippen molar-refractivity contribution in [1.82, 2.24) is 9.38 Å². The van der Waals surface area contributed by atoms with Gasteiger partial charge in [-0.15, -0.1) is 0 Å². The molecule has 3 rings (SSSR count). The van der Waals surface area contributed by atoms with Crippen LogP contribution in [0.25, 0.3) is 16.9 Å². The molecule has 22 heavy (non-hydrogen) atoms. The predicted molar refractivity (Wildman–Crippen MR) is 92.2 cm³/mol. The molecule has 2 heterocycles. The van der Waals surface area contributed by atoms with E-state index in [0.717, 1.165) is 24.2 Å². The van der Waals surface area contributed by atoms with Crippen LogP contribution in [0, 0.1) is 20.8 Å². The minimum Gasteiger partial charge on any atom is -0.330 e. The standard InChI is InChI=1S/C19H23N3/c1-13-6-7-15(3)16(11-13)19-17(5-4-9-20)22-10-8-14(2)12-18(22)21-19/h6-8,10-12H,4-5,9,20H2,1-3H3. The summed E-state index contributed by atoms with van der Waals surface area (Å²) in [4.78, 5) is 4.92. The minimum atomic E-state index is 0.700. The Labute approximate surface area is 131 Å². The van der Waals surface area contributed by atoms with Crippen LogP contribution in [0.4, 0.5) is 0 Å². The monoisotopic (exact) mass is 293 g/mol. The van der Waals surface area contributed by atoms with Crippen LogP contribution in [0.2, 0.25) is 0 Å². The highest BCUT2D eigenvalue weighted by Gasteiger charge is 2.15. The first-order valence-corrected chi connectivity index (χ1v) is 7.85. The summed E-state index contributed by atoms with van der Waals surface area (Å²) in [5.41, 5.74) is 14.1. The number of fused-ring (bicyclic) bond motifs is 1. The molecule has 3 nitrogen and oxygen atoms in total. The fourth-order valence-corrected chi connectivity index (χ4v) is 2.91. The van der Waals surface area contributed by atoms with E-state index in [1.54, 1.807) is 0 Å². The maximum atomic E-state index is 5.73. The lowest BCUT2D eigenvalue weighted by Gasteiger charge is -2.08. The Balaban J connectivity index is 2.24. The average molecular weight is 293 g/mol. The second-order valence-electron chi connectivity index (χ2n) is 6.05. The van der Waals surface area contributed by atoms with Gasteiger partial charge in [-0.3, -0.25) is 0 Å². The van der Waals surface area contributed by atoms with Crippen LogP contribution in [-0.4, -0.2) is 15.9 Å². The van der Waals surface area contributed by atoms with Crippen molar-refractivity contribution in [2.75, 3.05) is 6.54 Å². The lowest BCUT2D eigenvalue weighted by Crippen LogP contribution is -2.03. The van der Waals surface area contributed by atoms with Gasteiger partial charge >= 0.3 is 0 Å². The predicted octanol–water partition coefficient (Wildman–Crippen LogP) is 3.82. The Bertz CT molecular complexity index is 815. The van der Waals surface area contributed by atoms with E-state index < -0.39 is 0 Å². The van der Waals surface area contributed by atoms with Gasteiger partial charge in [-0.2, -0.15) is 0 Å². The number of rotatable bonds is 4.